The number of para-hydroxylation sites is 2. The Morgan fingerprint density at radius 2 is 1.67 bits per heavy atom. The third-order valence-corrected chi connectivity index (χ3v) is 6.84. The lowest BCUT2D eigenvalue weighted by Gasteiger charge is -2.11. The second-order valence-electron chi connectivity index (χ2n) is 9.76. The van der Waals surface area contributed by atoms with Gasteiger partial charge in [0.15, 0.2) is 11.6 Å². The molecule has 3 aromatic carbocycles. The Kier molecular flexibility index (Phi) is 7.68. The Hall–Kier alpha value is -5.37. The third-order valence-electron chi connectivity index (χ3n) is 6.84. The molecule has 7 nitrogen and oxygen atoms in total. The number of aromatic nitrogens is 3. The first-order valence-corrected chi connectivity index (χ1v) is 13.8. The number of carbonyl (C=O) groups excluding carboxylic acids is 1. The monoisotopic (exact) mass is 557 g/mol. The lowest BCUT2D eigenvalue weighted by atomic mass is 10.00. The zero-order valence-corrected chi connectivity index (χ0v) is 23.0. The van der Waals surface area contributed by atoms with Gasteiger partial charge in [0.05, 0.1) is 23.6 Å². The third kappa shape index (κ3) is 5.47. The average molecular weight is 558 g/mol. The normalized spacial score (nSPS) is 14.0. The molecule has 5 aromatic rings. The van der Waals surface area contributed by atoms with Gasteiger partial charge in [-0.05, 0) is 67.1 Å². The predicted molar refractivity (Wildman–Crippen MR) is 162 cm³/mol. The number of anilines is 1. The standard InChI is InChI=1S/C34H28FN5O2/c1-2-3-19-42-31-17-16-24(21-30(31)35)32-26(23-39(37-32)27-12-6-4-7-13-27)20-29-33(25-11-10-18-36-22-25)38-40(34(29)41)28-14-8-5-9-15-28/h4-18,20-23H,2-3,19H2,1H3/b29-20-. The maximum Gasteiger partial charge on any atom is 0.281 e. The van der Waals surface area contributed by atoms with E-state index in [4.69, 9.17) is 14.9 Å². The van der Waals surface area contributed by atoms with Crippen molar-refractivity contribution in [3.05, 3.63) is 132 Å². The van der Waals surface area contributed by atoms with Crippen molar-refractivity contribution in [3.8, 4) is 22.7 Å². The molecule has 6 rings (SSSR count). The highest BCUT2D eigenvalue weighted by Crippen LogP contribution is 2.32. The SMILES string of the molecule is CCCCOc1ccc(-c2nn(-c3ccccc3)cc2/C=C2\C(=O)N(c3ccccc3)N=C2c2cccnc2)cc1F. The van der Waals surface area contributed by atoms with E-state index in [0.29, 0.717) is 46.0 Å². The lowest BCUT2D eigenvalue weighted by Crippen LogP contribution is -2.21. The summed E-state index contributed by atoms with van der Waals surface area (Å²) in [5.74, 6) is -0.560. The molecular formula is C34H28FN5O2. The van der Waals surface area contributed by atoms with Crippen molar-refractivity contribution in [2.24, 2.45) is 5.10 Å². The van der Waals surface area contributed by atoms with Gasteiger partial charge in [-0.1, -0.05) is 49.7 Å². The summed E-state index contributed by atoms with van der Waals surface area (Å²) >= 11 is 0. The molecule has 208 valence electrons. The van der Waals surface area contributed by atoms with Crippen molar-refractivity contribution >= 4 is 23.4 Å². The molecule has 0 N–H and O–H groups in total. The number of nitrogens with zero attached hydrogens (tertiary/aromatic N) is 5. The molecule has 0 radical (unpaired) electrons. The quantitative estimate of drug-likeness (QED) is 0.143. The van der Waals surface area contributed by atoms with Crippen LogP contribution >= 0.6 is 0 Å². The van der Waals surface area contributed by atoms with Gasteiger partial charge in [-0.15, -0.1) is 0 Å². The predicted octanol–water partition coefficient (Wildman–Crippen LogP) is 7.09. The number of pyridine rings is 1. The van der Waals surface area contributed by atoms with Gasteiger partial charge in [0, 0.05) is 35.3 Å². The molecule has 0 bridgehead atoms. The average Bonchev–Trinajstić information content (AvgIpc) is 3.61. The molecule has 2 aromatic heterocycles. The van der Waals surface area contributed by atoms with Crippen LogP contribution in [0, 0.1) is 5.82 Å². The van der Waals surface area contributed by atoms with Crippen molar-refractivity contribution in [1.29, 1.82) is 0 Å². The first kappa shape index (κ1) is 26.8. The molecular weight excluding hydrogens is 529 g/mol. The van der Waals surface area contributed by atoms with Crippen molar-refractivity contribution in [1.82, 2.24) is 14.8 Å². The highest BCUT2D eigenvalue weighted by atomic mass is 19.1. The summed E-state index contributed by atoms with van der Waals surface area (Å²) in [4.78, 5) is 18.1. The molecule has 0 unspecified atom stereocenters. The van der Waals surface area contributed by atoms with Crippen LogP contribution in [0.5, 0.6) is 5.75 Å². The summed E-state index contributed by atoms with van der Waals surface area (Å²) in [6.45, 7) is 2.50. The number of hydrazone groups is 1. The van der Waals surface area contributed by atoms with Gasteiger partial charge in [-0.25, -0.2) is 9.07 Å². The molecule has 0 spiro atoms. The Morgan fingerprint density at radius 3 is 2.36 bits per heavy atom. The highest BCUT2D eigenvalue weighted by molar-refractivity contribution is 6.37. The van der Waals surface area contributed by atoms with E-state index in [1.165, 1.54) is 11.1 Å². The van der Waals surface area contributed by atoms with Crippen LogP contribution in [0.2, 0.25) is 0 Å². The largest absolute Gasteiger partial charge is 0.491 e. The fraction of sp³-hybridized carbons (Fsp3) is 0.118. The lowest BCUT2D eigenvalue weighted by molar-refractivity contribution is -0.114. The molecule has 42 heavy (non-hydrogen) atoms. The van der Waals surface area contributed by atoms with Crippen LogP contribution in [0.3, 0.4) is 0 Å². The molecule has 1 aliphatic heterocycles. The van der Waals surface area contributed by atoms with Gasteiger partial charge in [-0.3, -0.25) is 9.78 Å². The number of carbonyl (C=O) groups is 1. The molecule has 0 saturated heterocycles. The topological polar surface area (TPSA) is 72.6 Å². The Balaban J connectivity index is 1.47. The zero-order chi connectivity index (χ0) is 28.9. The van der Waals surface area contributed by atoms with E-state index in [1.54, 1.807) is 41.4 Å². The van der Waals surface area contributed by atoms with Crippen molar-refractivity contribution < 1.29 is 13.9 Å². The fourth-order valence-corrected chi connectivity index (χ4v) is 4.68. The molecule has 0 fully saturated rings. The van der Waals surface area contributed by atoms with E-state index in [9.17, 15) is 4.79 Å². The Morgan fingerprint density at radius 1 is 0.905 bits per heavy atom. The zero-order valence-electron chi connectivity index (χ0n) is 23.0. The second kappa shape index (κ2) is 12.0. The number of benzene rings is 3. The van der Waals surface area contributed by atoms with Gasteiger partial charge < -0.3 is 4.74 Å². The van der Waals surface area contributed by atoms with Gasteiger partial charge in [0.2, 0.25) is 0 Å². The molecule has 0 atom stereocenters. The van der Waals surface area contributed by atoms with E-state index in [0.717, 1.165) is 18.5 Å². The molecule has 8 heteroatoms. The number of halogens is 1. The number of hydrogen-bond donors (Lipinski definition) is 0. The van der Waals surface area contributed by atoms with Gasteiger partial charge in [0.25, 0.3) is 5.91 Å². The molecule has 1 aliphatic rings. The van der Waals surface area contributed by atoms with Crippen LogP contribution in [0.15, 0.2) is 120 Å². The number of rotatable bonds is 9. The first-order chi connectivity index (χ1) is 20.6. The van der Waals surface area contributed by atoms with E-state index < -0.39 is 5.82 Å². The van der Waals surface area contributed by atoms with Crippen molar-refractivity contribution in [3.63, 3.8) is 0 Å². The van der Waals surface area contributed by atoms with Crippen molar-refractivity contribution in [2.45, 2.75) is 19.8 Å². The minimum absolute atomic E-state index is 0.199. The van der Waals surface area contributed by atoms with Crippen LogP contribution in [-0.4, -0.2) is 33.0 Å². The van der Waals surface area contributed by atoms with Gasteiger partial charge >= 0.3 is 0 Å². The molecule has 0 saturated carbocycles. The summed E-state index contributed by atoms with van der Waals surface area (Å²) in [7, 11) is 0. The number of amides is 1. The van der Waals surface area contributed by atoms with E-state index in [1.807, 2.05) is 72.9 Å². The summed E-state index contributed by atoms with van der Waals surface area (Å²) in [6.07, 6.45) is 8.75. The summed E-state index contributed by atoms with van der Waals surface area (Å²) in [6, 6.07) is 27.4. The van der Waals surface area contributed by atoms with Gasteiger partial charge in [0.1, 0.15) is 11.4 Å². The van der Waals surface area contributed by atoms with E-state index in [2.05, 4.69) is 11.9 Å². The van der Waals surface area contributed by atoms with E-state index >= 15 is 4.39 Å². The summed E-state index contributed by atoms with van der Waals surface area (Å²) < 4.78 is 22.5. The van der Waals surface area contributed by atoms with Crippen LogP contribution in [-0.2, 0) is 4.79 Å². The van der Waals surface area contributed by atoms with Gasteiger partial charge in [-0.2, -0.15) is 15.2 Å². The maximum atomic E-state index is 15.2. The van der Waals surface area contributed by atoms with Crippen molar-refractivity contribution in [2.75, 3.05) is 11.6 Å². The fourth-order valence-electron chi connectivity index (χ4n) is 4.68. The second-order valence-corrected chi connectivity index (χ2v) is 9.76. The summed E-state index contributed by atoms with van der Waals surface area (Å²) in [5, 5.41) is 10.9. The van der Waals surface area contributed by atoms with Crippen LogP contribution < -0.4 is 9.75 Å². The Labute approximate surface area is 243 Å². The molecule has 1 amide bonds. The minimum Gasteiger partial charge on any atom is -0.491 e. The molecule has 3 heterocycles. The Bertz CT molecular complexity index is 1770. The van der Waals surface area contributed by atoms with Crippen LogP contribution in [0.25, 0.3) is 23.0 Å². The minimum atomic E-state index is -0.471. The maximum absolute atomic E-state index is 15.2. The van der Waals surface area contributed by atoms with Crippen LogP contribution in [0.4, 0.5) is 10.1 Å². The molecule has 0 aliphatic carbocycles. The smallest absolute Gasteiger partial charge is 0.281 e. The number of ether oxygens (including phenoxy) is 1. The van der Waals surface area contributed by atoms with Crippen LogP contribution in [0.1, 0.15) is 30.9 Å². The number of hydrogen-bond acceptors (Lipinski definition) is 5. The summed E-state index contributed by atoms with van der Waals surface area (Å²) in [5.41, 5.74) is 4.74. The van der Waals surface area contributed by atoms with E-state index in [-0.39, 0.29) is 11.7 Å². The highest BCUT2D eigenvalue weighted by Gasteiger charge is 2.32. The number of unbranched alkanes of at least 4 members (excludes halogenated alkanes) is 1. The first-order valence-electron chi connectivity index (χ1n) is 13.8.